The predicted molar refractivity (Wildman–Crippen MR) is 46.4 cm³/mol. The molecule has 0 radical (unpaired) electrons. The Balaban J connectivity index is 3.88. The third-order valence-corrected chi connectivity index (χ3v) is 6.15. The Labute approximate surface area is 61.3 Å². The highest BCUT2D eigenvalue weighted by molar-refractivity contribution is 6.62. The molecule has 0 saturated carbocycles. The Kier molecular flexibility index (Phi) is 2.94. The fourth-order valence-corrected chi connectivity index (χ4v) is 2.60. The van der Waals surface area contributed by atoms with Gasteiger partial charge in [-0.2, -0.15) is 17.1 Å². The van der Waals surface area contributed by atoms with Gasteiger partial charge in [-0.05, 0) is 0 Å². The Morgan fingerprint density at radius 2 is 1.44 bits per heavy atom. The molecule has 56 valence electrons. The molecule has 0 nitrogen and oxygen atoms in total. The normalized spacial score (nSPS) is 13.3. The van der Waals surface area contributed by atoms with Crippen LogP contribution >= 0.6 is 0 Å². The average molecular weight is 143 g/mol. The van der Waals surface area contributed by atoms with E-state index in [1.807, 2.05) is 0 Å². The van der Waals surface area contributed by atoms with Crippen LogP contribution in [0.1, 0.15) is 34.6 Å². The van der Waals surface area contributed by atoms with Crippen LogP contribution in [0.25, 0.3) is 0 Å². The molecule has 0 N–H and O–H groups in total. The van der Waals surface area contributed by atoms with E-state index in [9.17, 15) is 0 Å². The molecule has 0 aromatic heterocycles. The van der Waals surface area contributed by atoms with Crippen molar-refractivity contribution in [3.63, 3.8) is 0 Å². The van der Waals surface area contributed by atoms with E-state index >= 15 is 0 Å². The molecule has 0 spiro atoms. The molecule has 0 aromatic rings. The monoisotopic (exact) mass is 143 g/mol. The van der Waals surface area contributed by atoms with Crippen molar-refractivity contribution in [3.05, 3.63) is 0 Å². The van der Waals surface area contributed by atoms with Gasteiger partial charge in [0, 0.05) is 0 Å². The van der Waals surface area contributed by atoms with Crippen LogP contribution in [0.5, 0.6) is 0 Å². The maximum atomic E-state index is 2.43. The van der Waals surface area contributed by atoms with Crippen LogP contribution in [0, 0.1) is 0 Å². The lowest BCUT2D eigenvalue weighted by Gasteiger charge is -2.43. The standard InChI is InChI=1S/C8H19Si/c1-7(2)9(6)8(3,4)5/h7H,1-6H3/q-1. The molecule has 0 atom stereocenters. The van der Waals surface area contributed by atoms with Crippen molar-refractivity contribution in [1.29, 1.82) is 0 Å². The Morgan fingerprint density at radius 1 is 1.11 bits per heavy atom. The summed E-state index contributed by atoms with van der Waals surface area (Å²) < 4.78 is 0. The lowest BCUT2D eigenvalue weighted by atomic mass is 10.2. The van der Waals surface area contributed by atoms with Gasteiger partial charge in [-0.15, -0.1) is 0 Å². The Bertz CT molecular complexity index is 79.1. The molecular formula is C8H19Si-. The van der Waals surface area contributed by atoms with E-state index in [4.69, 9.17) is 0 Å². The van der Waals surface area contributed by atoms with E-state index in [0.717, 1.165) is 5.54 Å². The summed E-state index contributed by atoms with van der Waals surface area (Å²) in [5.74, 6) is 0. The van der Waals surface area contributed by atoms with Crippen molar-refractivity contribution in [2.45, 2.75) is 51.7 Å². The van der Waals surface area contributed by atoms with E-state index in [0.29, 0.717) is 5.04 Å². The van der Waals surface area contributed by atoms with Crippen LogP contribution in [0.3, 0.4) is 0 Å². The molecule has 0 aliphatic rings. The second kappa shape index (κ2) is 2.87. The topological polar surface area (TPSA) is 0 Å². The maximum Gasteiger partial charge on any atom is -0.0906 e. The zero-order valence-corrected chi connectivity index (χ0v) is 8.58. The fourth-order valence-electron chi connectivity index (χ4n) is 0.866. The molecule has 0 bridgehead atoms. The molecule has 0 aliphatic carbocycles. The molecule has 9 heavy (non-hydrogen) atoms. The van der Waals surface area contributed by atoms with Crippen LogP contribution in [0.15, 0.2) is 0 Å². The lowest BCUT2D eigenvalue weighted by molar-refractivity contribution is 0.718. The molecular weight excluding hydrogens is 124 g/mol. The highest BCUT2D eigenvalue weighted by Crippen LogP contribution is 2.32. The van der Waals surface area contributed by atoms with Gasteiger partial charge in [-0.25, -0.2) is 0 Å². The quantitative estimate of drug-likeness (QED) is 0.494. The summed E-state index contributed by atoms with van der Waals surface area (Å²) in [6.07, 6.45) is 0. The fraction of sp³-hybridized carbons (Fsp3) is 1.00. The average Bonchev–Trinajstić information content (AvgIpc) is 1.62. The van der Waals surface area contributed by atoms with Crippen LogP contribution in [0.2, 0.25) is 17.1 Å². The van der Waals surface area contributed by atoms with E-state index in [1.54, 1.807) is 0 Å². The molecule has 0 fully saturated rings. The molecule has 0 saturated heterocycles. The molecule has 0 heterocycles. The van der Waals surface area contributed by atoms with Crippen molar-refractivity contribution >= 4 is 8.80 Å². The van der Waals surface area contributed by atoms with Gasteiger partial charge >= 0.3 is 0 Å². The Hall–Kier alpha value is 0.217. The minimum Gasteiger partial charge on any atom is -0.253 e. The summed E-state index contributed by atoms with van der Waals surface area (Å²) in [6.45, 7) is 14.1. The first-order valence-corrected chi connectivity index (χ1v) is 5.77. The second-order valence-corrected chi connectivity index (χ2v) is 8.11. The van der Waals surface area contributed by atoms with E-state index in [2.05, 4.69) is 41.2 Å². The van der Waals surface area contributed by atoms with Crippen molar-refractivity contribution in [1.82, 2.24) is 0 Å². The summed E-state index contributed by atoms with van der Waals surface area (Å²) in [4.78, 5) is 0. The summed E-state index contributed by atoms with van der Waals surface area (Å²) in [6, 6.07) is 0. The second-order valence-electron chi connectivity index (χ2n) is 4.09. The van der Waals surface area contributed by atoms with Gasteiger partial charge in [0.25, 0.3) is 0 Å². The van der Waals surface area contributed by atoms with Crippen molar-refractivity contribution in [2.24, 2.45) is 0 Å². The summed E-state index contributed by atoms with van der Waals surface area (Å²) >= 11 is 0. The first-order valence-electron chi connectivity index (χ1n) is 3.69. The SMILES string of the molecule is CC(C)[Si-](C)C(C)(C)C. The van der Waals surface area contributed by atoms with Gasteiger partial charge in [0.15, 0.2) is 0 Å². The van der Waals surface area contributed by atoms with Gasteiger partial charge in [0.1, 0.15) is 0 Å². The predicted octanol–water partition coefficient (Wildman–Crippen LogP) is 3.32. The van der Waals surface area contributed by atoms with Crippen LogP contribution < -0.4 is 0 Å². The van der Waals surface area contributed by atoms with Crippen molar-refractivity contribution in [3.8, 4) is 0 Å². The van der Waals surface area contributed by atoms with E-state index in [-0.39, 0.29) is 8.80 Å². The largest absolute Gasteiger partial charge is 0.253 e. The first kappa shape index (κ1) is 9.22. The summed E-state index contributed by atoms with van der Waals surface area (Å²) in [5, 5.41) is 0.582. The highest BCUT2D eigenvalue weighted by atomic mass is 28.3. The molecule has 0 rings (SSSR count). The molecule has 0 aliphatic heterocycles. The van der Waals surface area contributed by atoms with E-state index in [1.165, 1.54) is 0 Å². The number of hydrogen-bond acceptors (Lipinski definition) is 0. The van der Waals surface area contributed by atoms with Crippen molar-refractivity contribution in [2.75, 3.05) is 0 Å². The summed E-state index contributed by atoms with van der Waals surface area (Å²) in [5.41, 5.74) is 0.912. The maximum absolute atomic E-state index is 2.43. The van der Waals surface area contributed by atoms with Crippen LogP contribution in [-0.2, 0) is 0 Å². The Morgan fingerprint density at radius 3 is 1.44 bits per heavy atom. The van der Waals surface area contributed by atoms with Gasteiger partial charge in [0.05, 0.1) is 0 Å². The summed E-state index contributed by atoms with van der Waals surface area (Å²) in [7, 11) is -0.122. The molecule has 0 unspecified atom stereocenters. The van der Waals surface area contributed by atoms with E-state index < -0.39 is 0 Å². The third kappa shape index (κ3) is 3.04. The molecule has 0 aromatic carbocycles. The van der Waals surface area contributed by atoms with Gasteiger partial charge in [-0.3, -0.25) is 8.80 Å². The molecule has 0 amide bonds. The minimum absolute atomic E-state index is 0.122. The lowest BCUT2D eigenvalue weighted by Crippen LogP contribution is -2.24. The number of rotatable bonds is 1. The molecule has 1 heteroatoms. The van der Waals surface area contributed by atoms with Crippen molar-refractivity contribution < 1.29 is 0 Å². The van der Waals surface area contributed by atoms with Gasteiger partial charge in [-0.1, -0.05) is 34.6 Å². The van der Waals surface area contributed by atoms with Gasteiger partial charge < -0.3 is 0 Å². The zero-order valence-electron chi connectivity index (χ0n) is 7.58. The first-order chi connectivity index (χ1) is 3.85. The van der Waals surface area contributed by atoms with Crippen LogP contribution in [-0.4, -0.2) is 8.80 Å². The highest BCUT2D eigenvalue weighted by Gasteiger charge is 2.09. The third-order valence-electron chi connectivity index (χ3n) is 2.05. The zero-order chi connectivity index (χ0) is 7.65. The van der Waals surface area contributed by atoms with Gasteiger partial charge in [0.2, 0.25) is 0 Å². The number of hydrogen-bond donors (Lipinski definition) is 0. The smallest absolute Gasteiger partial charge is 0.0906 e. The minimum atomic E-state index is -0.122. The van der Waals surface area contributed by atoms with Crippen LogP contribution in [0.4, 0.5) is 0 Å².